The molecule has 0 bridgehead atoms. The first-order valence-electron chi connectivity index (χ1n) is 7.11. The highest BCUT2D eigenvalue weighted by molar-refractivity contribution is 4.95. The minimum atomic E-state index is 0.673. The third kappa shape index (κ3) is 3.56. The number of fused-ring (bicyclic) bond motifs is 1. The van der Waals surface area contributed by atoms with Gasteiger partial charge in [0.05, 0.1) is 6.54 Å². The van der Waals surface area contributed by atoms with Crippen LogP contribution in [0.3, 0.4) is 0 Å². The average Bonchev–Trinajstić information content (AvgIpc) is 2.81. The number of nitrogens with zero attached hydrogens (tertiary/aromatic N) is 3. The standard InChI is InChI=1S/C14H26N4/c1-12(2)9-13(10-15)3-5-17-7-8-18-6-4-16-14(18)11-17/h4,6,12-13H,3,5,7-11,15H2,1-2H3/t13-/m1/s1. The normalized spacial score (nSPS) is 18.0. The number of hydrogen-bond acceptors (Lipinski definition) is 3. The summed E-state index contributed by atoms with van der Waals surface area (Å²) in [5.74, 6) is 2.62. The van der Waals surface area contributed by atoms with E-state index in [1.807, 2.05) is 6.20 Å². The summed E-state index contributed by atoms with van der Waals surface area (Å²) < 4.78 is 2.25. The van der Waals surface area contributed by atoms with E-state index in [1.165, 1.54) is 18.7 Å². The van der Waals surface area contributed by atoms with Gasteiger partial charge in [-0.1, -0.05) is 13.8 Å². The zero-order valence-corrected chi connectivity index (χ0v) is 11.7. The molecule has 1 aromatic heterocycles. The molecule has 1 aromatic rings. The highest BCUT2D eigenvalue weighted by atomic mass is 15.2. The Morgan fingerprint density at radius 3 is 2.94 bits per heavy atom. The predicted octanol–water partition coefficient (Wildman–Crippen LogP) is 1.71. The van der Waals surface area contributed by atoms with E-state index in [1.54, 1.807) is 0 Å². The zero-order valence-electron chi connectivity index (χ0n) is 11.7. The van der Waals surface area contributed by atoms with Gasteiger partial charge in [0.2, 0.25) is 0 Å². The minimum Gasteiger partial charge on any atom is -0.333 e. The van der Waals surface area contributed by atoms with Gasteiger partial charge in [-0.2, -0.15) is 0 Å². The first kappa shape index (κ1) is 13.6. The maximum Gasteiger partial charge on any atom is 0.122 e. The van der Waals surface area contributed by atoms with Crippen molar-refractivity contribution in [3.05, 3.63) is 18.2 Å². The van der Waals surface area contributed by atoms with Crippen LogP contribution in [0.25, 0.3) is 0 Å². The van der Waals surface area contributed by atoms with Crippen molar-refractivity contribution in [3.8, 4) is 0 Å². The van der Waals surface area contributed by atoms with Crippen LogP contribution in [-0.4, -0.2) is 34.1 Å². The van der Waals surface area contributed by atoms with E-state index in [0.29, 0.717) is 5.92 Å². The van der Waals surface area contributed by atoms with E-state index in [-0.39, 0.29) is 0 Å². The number of nitrogens with two attached hydrogens (primary N) is 1. The van der Waals surface area contributed by atoms with Gasteiger partial charge in [-0.3, -0.25) is 4.90 Å². The lowest BCUT2D eigenvalue weighted by Crippen LogP contribution is -2.35. The monoisotopic (exact) mass is 250 g/mol. The molecule has 102 valence electrons. The van der Waals surface area contributed by atoms with E-state index in [4.69, 9.17) is 5.73 Å². The second-order valence-electron chi connectivity index (χ2n) is 5.83. The summed E-state index contributed by atoms with van der Waals surface area (Å²) in [5.41, 5.74) is 5.86. The van der Waals surface area contributed by atoms with E-state index < -0.39 is 0 Å². The van der Waals surface area contributed by atoms with E-state index in [2.05, 4.69) is 34.5 Å². The SMILES string of the molecule is CC(C)C[C@H](CN)CCN1CCn2ccnc2C1. The highest BCUT2D eigenvalue weighted by Gasteiger charge is 2.17. The van der Waals surface area contributed by atoms with Gasteiger partial charge < -0.3 is 10.3 Å². The minimum absolute atomic E-state index is 0.673. The van der Waals surface area contributed by atoms with Gasteiger partial charge in [0.15, 0.2) is 0 Å². The Morgan fingerprint density at radius 2 is 2.22 bits per heavy atom. The summed E-state index contributed by atoms with van der Waals surface area (Å²) in [6.07, 6.45) is 6.45. The molecule has 0 aliphatic carbocycles. The Bertz CT molecular complexity index is 358. The molecule has 4 heteroatoms. The average molecular weight is 250 g/mol. The van der Waals surface area contributed by atoms with Crippen LogP contribution in [0.15, 0.2) is 12.4 Å². The van der Waals surface area contributed by atoms with E-state index in [9.17, 15) is 0 Å². The van der Waals surface area contributed by atoms with Gasteiger partial charge in [0, 0.05) is 25.5 Å². The molecule has 0 aromatic carbocycles. The molecule has 0 saturated heterocycles. The molecule has 18 heavy (non-hydrogen) atoms. The molecule has 1 atom stereocenters. The van der Waals surface area contributed by atoms with Crippen LogP contribution in [-0.2, 0) is 13.1 Å². The summed E-state index contributed by atoms with van der Waals surface area (Å²) in [7, 11) is 0. The molecule has 1 aliphatic rings. The van der Waals surface area contributed by atoms with Crippen molar-refractivity contribution in [3.63, 3.8) is 0 Å². The first-order chi connectivity index (χ1) is 8.69. The van der Waals surface area contributed by atoms with Crippen LogP contribution >= 0.6 is 0 Å². The van der Waals surface area contributed by atoms with Crippen LogP contribution in [0.5, 0.6) is 0 Å². The molecule has 0 spiro atoms. The van der Waals surface area contributed by atoms with Crippen LogP contribution in [0, 0.1) is 11.8 Å². The third-order valence-corrected chi connectivity index (χ3v) is 3.82. The van der Waals surface area contributed by atoms with Crippen LogP contribution in [0.4, 0.5) is 0 Å². The van der Waals surface area contributed by atoms with Crippen molar-refractivity contribution in [1.82, 2.24) is 14.5 Å². The molecule has 2 heterocycles. The molecule has 2 N–H and O–H groups in total. The maximum atomic E-state index is 5.86. The summed E-state index contributed by atoms with van der Waals surface area (Å²) in [5, 5.41) is 0. The van der Waals surface area contributed by atoms with Gasteiger partial charge in [0.1, 0.15) is 5.82 Å². The van der Waals surface area contributed by atoms with E-state index in [0.717, 1.165) is 38.6 Å². The van der Waals surface area contributed by atoms with Crippen molar-refractivity contribution in [1.29, 1.82) is 0 Å². The Morgan fingerprint density at radius 1 is 1.39 bits per heavy atom. The van der Waals surface area contributed by atoms with Gasteiger partial charge in [-0.25, -0.2) is 4.98 Å². The fourth-order valence-corrected chi connectivity index (χ4v) is 2.78. The molecule has 0 saturated carbocycles. The molecule has 1 aliphatic heterocycles. The summed E-state index contributed by atoms with van der Waals surface area (Å²) >= 11 is 0. The smallest absolute Gasteiger partial charge is 0.122 e. The zero-order chi connectivity index (χ0) is 13.0. The number of imidazole rings is 1. The molecule has 0 unspecified atom stereocenters. The lowest BCUT2D eigenvalue weighted by molar-refractivity contribution is 0.197. The van der Waals surface area contributed by atoms with Crippen molar-refractivity contribution < 1.29 is 0 Å². The fourth-order valence-electron chi connectivity index (χ4n) is 2.78. The van der Waals surface area contributed by atoms with Crippen LogP contribution in [0.2, 0.25) is 0 Å². The van der Waals surface area contributed by atoms with Gasteiger partial charge in [0.25, 0.3) is 0 Å². The second-order valence-corrected chi connectivity index (χ2v) is 5.83. The van der Waals surface area contributed by atoms with Gasteiger partial charge in [-0.05, 0) is 37.8 Å². The number of aromatic nitrogens is 2. The number of rotatable bonds is 6. The van der Waals surface area contributed by atoms with Crippen molar-refractivity contribution in [2.24, 2.45) is 17.6 Å². The molecule has 0 radical (unpaired) electrons. The molecule has 2 rings (SSSR count). The third-order valence-electron chi connectivity index (χ3n) is 3.82. The second kappa shape index (κ2) is 6.34. The maximum absolute atomic E-state index is 5.86. The lowest BCUT2D eigenvalue weighted by atomic mass is 9.94. The molecule has 0 amide bonds. The Balaban J connectivity index is 1.77. The highest BCUT2D eigenvalue weighted by Crippen LogP contribution is 2.17. The first-order valence-corrected chi connectivity index (χ1v) is 7.11. The van der Waals surface area contributed by atoms with Crippen molar-refractivity contribution in [2.75, 3.05) is 19.6 Å². The molecule has 4 nitrogen and oxygen atoms in total. The summed E-state index contributed by atoms with van der Waals surface area (Å²) in [6, 6.07) is 0. The largest absolute Gasteiger partial charge is 0.333 e. The molecular weight excluding hydrogens is 224 g/mol. The lowest BCUT2D eigenvalue weighted by Gasteiger charge is -2.29. The van der Waals surface area contributed by atoms with Crippen molar-refractivity contribution >= 4 is 0 Å². The Hall–Kier alpha value is -0.870. The van der Waals surface area contributed by atoms with Crippen LogP contribution in [0.1, 0.15) is 32.5 Å². The Labute approximate surface area is 110 Å². The van der Waals surface area contributed by atoms with Crippen LogP contribution < -0.4 is 5.73 Å². The predicted molar refractivity (Wildman–Crippen MR) is 74.1 cm³/mol. The fraction of sp³-hybridized carbons (Fsp3) is 0.786. The topological polar surface area (TPSA) is 47.1 Å². The summed E-state index contributed by atoms with van der Waals surface area (Å²) in [4.78, 5) is 6.90. The van der Waals surface area contributed by atoms with E-state index >= 15 is 0 Å². The quantitative estimate of drug-likeness (QED) is 0.836. The summed E-state index contributed by atoms with van der Waals surface area (Å²) in [6.45, 7) is 9.74. The van der Waals surface area contributed by atoms with Crippen molar-refractivity contribution in [2.45, 2.75) is 39.8 Å². The molecule has 0 fully saturated rings. The molecular formula is C14H26N4. The Kier molecular flexibility index (Phi) is 4.78. The van der Waals surface area contributed by atoms with Gasteiger partial charge >= 0.3 is 0 Å². The number of hydrogen-bond donors (Lipinski definition) is 1. The van der Waals surface area contributed by atoms with Gasteiger partial charge in [-0.15, -0.1) is 0 Å².